The SMILES string of the molecule is CCC[Si](OCC)(OCC)Oc1ccccc1. The second kappa shape index (κ2) is 7.48. The molecule has 0 aromatic heterocycles. The van der Waals surface area contributed by atoms with E-state index < -0.39 is 8.80 Å². The van der Waals surface area contributed by atoms with Gasteiger partial charge < -0.3 is 13.3 Å². The molecule has 0 spiro atoms. The van der Waals surface area contributed by atoms with Gasteiger partial charge in [0.15, 0.2) is 0 Å². The molecular weight excluding hydrogens is 232 g/mol. The average Bonchev–Trinajstić information content (AvgIpc) is 2.31. The van der Waals surface area contributed by atoms with E-state index in [2.05, 4.69) is 6.92 Å². The van der Waals surface area contributed by atoms with Crippen LogP contribution in [0.2, 0.25) is 6.04 Å². The summed E-state index contributed by atoms with van der Waals surface area (Å²) in [7, 11) is -2.54. The molecule has 0 unspecified atom stereocenters. The van der Waals surface area contributed by atoms with Crippen LogP contribution in [0.1, 0.15) is 27.2 Å². The van der Waals surface area contributed by atoms with Gasteiger partial charge in [-0.15, -0.1) is 0 Å². The Labute approximate surface area is 105 Å². The first kappa shape index (κ1) is 14.2. The van der Waals surface area contributed by atoms with Crippen LogP contribution in [0.4, 0.5) is 0 Å². The molecule has 0 heterocycles. The summed E-state index contributed by atoms with van der Waals surface area (Å²) in [6.07, 6.45) is 0.999. The van der Waals surface area contributed by atoms with E-state index in [0.717, 1.165) is 18.2 Å². The molecule has 4 heteroatoms. The molecule has 1 rings (SSSR count). The molecular formula is C13H22O3Si. The van der Waals surface area contributed by atoms with Crippen molar-refractivity contribution in [2.24, 2.45) is 0 Å². The second-order valence-electron chi connectivity index (χ2n) is 3.71. The van der Waals surface area contributed by atoms with Crippen LogP contribution in [0.3, 0.4) is 0 Å². The standard InChI is InChI=1S/C13H22O3Si/c1-4-12-17(14-5-2,15-6-3)16-13-10-8-7-9-11-13/h7-11H,4-6,12H2,1-3H3. The van der Waals surface area contributed by atoms with Gasteiger partial charge in [0.2, 0.25) is 0 Å². The van der Waals surface area contributed by atoms with Gasteiger partial charge in [0, 0.05) is 19.3 Å². The maximum Gasteiger partial charge on any atom is 0.566 e. The number of rotatable bonds is 8. The Morgan fingerprint density at radius 2 is 1.53 bits per heavy atom. The number of hydrogen-bond donors (Lipinski definition) is 0. The fraction of sp³-hybridized carbons (Fsp3) is 0.538. The normalized spacial score (nSPS) is 11.5. The average molecular weight is 254 g/mol. The van der Waals surface area contributed by atoms with Gasteiger partial charge in [0.25, 0.3) is 0 Å². The van der Waals surface area contributed by atoms with Crippen LogP contribution < -0.4 is 4.43 Å². The van der Waals surface area contributed by atoms with Gasteiger partial charge in [0.1, 0.15) is 5.75 Å². The molecule has 0 N–H and O–H groups in total. The minimum absolute atomic E-state index is 0.624. The highest BCUT2D eigenvalue weighted by atomic mass is 28.4. The van der Waals surface area contributed by atoms with Gasteiger partial charge in [-0.2, -0.15) is 0 Å². The molecule has 0 aliphatic carbocycles. The molecule has 1 aromatic carbocycles. The van der Waals surface area contributed by atoms with Crippen LogP contribution in [-0.2, 0) is 8.85 Å². The third kappa shape index (κ3) is 4.50. The summed E-state index contributed by atoms with van der Waals surface area (Å²) < 4.78 is 17.6. The summed E-state index contributed by atoms with van der Waals surface area (Å²) >= 11 is 0. The highest BCUT2D eigenvalue weighted by Crippen LogP contribution is 2.22. The third-order valence-electron chi connectivity index (χ3n) is 2.30. The number of para-hydroxylation sites is 1. The zero-order chi connectivity index (χ0) is 12.6. The van der Waals surface area contributed by atoms with Crippen LogP contribution >= 0.6 is 0 Å². The van der Waals surface area contributed by atoms with Gasteiger partial charge in [0.05, 0.1) is 0 Å². The topological polar surface area (TPSA) is 27.7 Å². The van der Waals surface area contributed by atoms with Crippen LogP contribution in [0, 0.1) is 0 Å². The minimum atomic E-state index is -2.54. The molecule has 0 amide bonds. The highest BCUT2D eigenvalue weighted by molar-refractivity contribution is 6.61. The van der Waals surface area contributed by atoms with Crippen molar-refractivity contribution in [3.63, 3.8) is 0 Å². The third-order valence-corrected chi connectivity index (χ3v) is 5.42. The predicted octanol–water partition coefficient (Wildman–Crippen LogP) is 3.49. The first-order valence-electron chi connectivity index (χ1n) is 6.28. The number of hydrogen-bond acceptors (Lipinski definition) is 3. The zero-order valence-corrected chi connectivity index (χ0v) is 11.9. The molecule has 0 fully saturated rings. The van der Waals surface area contributed by atoms with Crippen LogP contribution in [0.5, 0.6) is 5.75 Å². The smallest absolute Gasteiger partial charge is 0.501 e. The predicted molar refractivity (Wildman–Crippen MR) is 71.2 cm³/mol. The largest absolute Gasteiger partial charge is 0.566 e. The monoisotopic (exact) mass is 254 g/mol. The van der Waals surface area contributed by atoms with Crippen molar-refractivity contribution >= 4 is 8.80 Å². The Kier molecular flexibility index (Phi) is 6.25. The van der Waals surface area contributed by atoms with E-state index in [1.807, 2.05) is 44.2 Å². The highest BCUT2D eigenvalue weighted by Gasteiger charge is 2.42. The van der Waals surface area contributed by atoms with Crippen molar-refractivity contribution in [1.82, 2.24) is 0 Å². The van der Waals surface area contributed by atoms with Crippen molar-refractivity contribution in [2.45, 2.75) is 33.2 Å². The van der Waals surface area contributed by atoms with E-state index in [9.17, 15) is 0 Å². The molecule has 1 aromatic rings. The van der Waals surface area contributed by atoms with E-state index in [-0.39, 0.29) is 0 Å². The Balaban J connectivity index is 2.80. The lowest BCUT2D eigenvalue weighted by Gasteiger charge is -2.28. The first-order chi connectivity index (χ1) is 8.26. The number of benzene rings is 1. The van der Waals surface area contributed by atoms with Crippen molar-refractivity contribution in [3.05, 3.63) is 30.3 Å². The van der Waals surface area contributed by atoms with Crippen LogP contribution in [-0.4, -0.2) is 22.0 Å². The van der Waals surface area contributed by atoms with Crippen LogP contribution in [0.25, 0.3) is 0 Å². The summed E-state index contributed by atoms with van der Waals surface area (Å²) in [5.41, 5.74) is 0. The molecule has 0 radical (unpaired) electrons. The second-order valence-corrected chi connectivity index (χ2v) is 6.36. The zero-order valence-electron chi connectivity index (χ0n) is 10.9. The molecule has 0 saturated heterocycles. The lowest BCUT2D eigenvalue weighted by atomic mass is 10.3. The van der Waals surface area contributed by atoms with Gasteiger partial charge in [-0.25, -0.2) is 0 Å². The summed E-state index contributed by atoms with van der Waals surface area (Å²) in [6.45, 7) is 7.32. The van der Waals surface area contributed by atoms with Gasteiger partial charge in [-0.3, -0.25) is 0 Å². The van der Waals surface area contributed by atoms with Crippen molar-refractivity contribution < 1.29 is 13.3 Å². The van der Waals surface area contributed by atoms with Crippen molar-refractivity contribution in [2.75, 3.05) is 13.2 Å². The summed E-state index contributed by atoms with van der Waals surface area (Å²) in [5.74, 6) is 0.828. The van der Waals surface area contributed by atoms with Gasteiger partial charge in [-0.05, 0) is 26.0 Å². The molecule has 17 heavy (non-hydrogen) atoms. The lowest BCUT2D eigenvalue weighted by Crippen LogP contribution is -2.48. The summed E-state index contributed by atoms with van der Waals surface area (Å²) in [6, 6.07) is 10.6. The molecule has 0 aliphatic heterocycles. The van der Waals surface area contributed by atoms with Gasteiger partial charge >= 0.3 is 8.80 Å². The Morgan fingerprint density at radius 1 is 0.941 bits per heavy atom. The summed E-state index contributed by atoms with van der Waals surface area (Å²) in [5, 5.41) is 0. The van der Waals surface area contributed by atoms with Crippen molar-refractivity contribution in [1.29, 1.82) is 0 Å². The minimum Gasteiger partial charge on any atom is -0.501 e. The molecule has 0 atom stereocenters. The molecule has 0 bridgehead atoms. The molecule has 3 nitrogen and oxygen atoms in total. The first-order valence-corrected chi connectivity index (χ1v) is 8.21. The quantitative estimate of drug-likeness (QED) is 0.665. The fourth-order valence-corrected chi connectivity index (χ4v) is 4.29. The van der Waals surface area contributed by atoms with E-state index >= 15 is 0 Å². The Bertz CT molecular complexity index is 286. The lowest BCUT2D eigenvalue weighted by molar-refractivity contribution is 0.116. The summed E-state index contributed by atoms with van der Waals surface area (Å²) in [4.78, 5) is 0. The van der Waals surface area contributed by atoms with E-state index in [0.29, 0.717) is 13.2 Å². The maximum absolute atomic E-state index is 6.02. The van der Waals surface area contributed by atoms with E-state index in [4.69, 9.17) is 13.3 Å². The van der Waals surface area contributed by atoms with Crippen molar-refractivity contribution in [3.8, 4) is 5.75 Å². The Hall–Kier alpha value is -0.843. The maximum atomic E-state index is 6.02. The Morgan fingerprint density at radius 3 is 2.00 bits per heavy atom. The molecule has 0 aliphatic rings. The molecule has 0 saturated carbocycles. The molecule has 96 valence electrons. The van der Waals surface area contributed by atoms with E-state index in [1.54, 1.807) is 0 Å². The van der Waals surface area contributed by atoms with Crippen LogP contribution in [0.15, 0.2) is 30.3 Å². The van der Waals surface area contributed by atoms with Gasteiger partial charge in [-0.1, -0.05) is 31.5 Å². The van der Waals surface area contributed by atoms with E-state index in [1.165, 1.54) is 0 Å². The fourth-order valence-electron chi connectivity index (χ4n) is 1.71.